The summed E-state index contributed by atoms with van der Waals surface area (Å²) >= 11 is 1.75. The van der Waals surface area contributed by atoms with Crippen LogP contribution in [-0.2, 0) is 6.42 Å². The number of aryl methyl sites for hydroxylation is 2. The number of rotatable bonds is 5. The van der Waals surface area contributed by atoms with E-state index >= 15 is 0 Å². The van der Waals surface area contributed by atoms with Gasteiger partial charge < -0.3 is 4.42 Å². The van der Waals surface area contributed by atoms with Crippen LogP contribution in [0.5, 0.6) is 0 Å². The molecule has 2 aromatic heterocycles. The van der Waals surface area contributed by atoms with Crippen LogP contribution in [-0.4, -0.2) is 0 Å². The molecular weight excluding hydrogens is 220 g/mol. The lowest BCUT2D eigenvalue weighted by molar-refractivity contribution is 0.458. The van der Waals surface area contributed by atoms with Crippen LogP contribution in [0, 0.1) is 6.92 Å². The Bertz CT molecular complexity index is 422. The highest BCUT2D eigenvalue weighted by atomic mass is 32.1. The van der Waals surface area contributed by atoms with Crippen molar-refractivity contribution in [1.29, 1.82) is 0 Å². The van der Waals surface area contributed by atoms with Crippen LogP contribution in [0.3, 0.4) is 0 Å². The first-order chi connectivity index (χ1) is 7.81. The highest BCUT2D eigenvalue weighted by Crippen LogP contribution is 2.25. The smallest absolute Gasteiger partial charge is 0.103 e. The fourth-order valence-corrected chi connectivity index (χ4v) is 2.59. The molecule has 0 bridgehead atoms. The largest absolute Gasteiger partial charge is 0.469 e. The Hall–Kier alpha value is -1.10. The molecule has 4 heteroatoms. The predicted molar refractivity (Wildman–Crippen MR) is 66.1 cm³/mol. The van der Waals surface area contributed by atoms with Gasteiger partial charge in [0.1, 0.15) is 5.76 Å². The Balaban J connectivity index is 1.99. The lowest BCUT2D eigenvalue weighted by Crippen LogP contribution is -2.28. The van der Waals surface area contributed by atoms with Crippen molar-refractivity contribution in [3.8, 4) is 0 Å². The van der Waals surface area contributed by atoms with Gasteiger partial charge in [0.05, 0.1) is 6.26 Å². The zero-order chi connectivity index (χ0) is 11.4. The van der Waals surface area contributed by atoms with Gasteiger partial charge in [-0.2, -0.15) is 0 Å². The van der Waals surface area contributed by atoms with Crippen LogP contribution in [0.1, 0.15) is 28.7 Å². The number of nitrogens with two attached hydrogens (primary N) is 1. The number of hydrogen-bond donors (Lipinski definition) is 2. The summed E-state index contributed by atoms with van der Waals surface area (Å²) in [6.45, 7) is 2.12. The normalized spacial score (nSPS) is 12.9. The Morgan fingerprint density at radius 1 is 1.50 bits per heavy atom. The molecule has 0 spiro atoms. The molecule has 3 N–H and O–H groups in total. The molecular formula is C12H16N2OS. The van der Waals surface area contributed by atoms with Crippen molar-refractivity contribution < 1.29 is 4.42 Å². The topological polar surface area (TPSA) is 51.2 Å². The van der Waals surface area contributed by atoms with Gasteiger partial charge in [0, 0.05) is 17.3 Å². The maximum Gasteiger partial charge on any atom is 0.103 e. The maximum atomic E-state index is 5.60. The first-order valence-corrected chi connectivity index (χ1v) is 6.21. The van der Waals surface area contributed by atoms with E-state index in [0.29, 0.717) is 0 Å². The van der Waals surface area contributed by atoms with Gasteiger partial charge in [-0.25, -0.2) is 0 Å². The van der Waals surface area contributed by atoms with Gasteiger partial charge in [0.25, 0.3) is 0 Å². The fraction of sp³-hybridized carbons (Fsp3) is 0.333. The third kappa shape index (κ3) is 2.52. The molecule has 0 aliphatic carbocycles. The molecule has 0 fully saturated rings. The Kier molecular flexibility index (Phi) is 3.77. The lowest BCUT2D eigenvalue weighted by Gasteiger charge is -2.15. The summed E-state index contributed by atoms with van der Waals surface area (Å²) in [6.07, 6.45) is 3.55. The van der Waals surface area contributed by atoms with E-state index in [4.69, 9.17) is 10.3 Å². The highest BCUT2D eigenvalue weighted by Gasteiger charge is 2.13. The summed E-state index contributed by atoms with van der Waals surface area (Å²) in [6, 6.07) is 6.24. The molecule has 0 aliphatic heterocycles. The number of nitrogens with one attached hydrogen (secondary N) is 1. The Morgan fingerprint density at radius 2 is 2.38 bits per heavy atom. The van der Waals surface area contributed by atoms with E-state index in [1.807, 2.05) is 12.1 Å². The molecule has 2 aromatic rings. The fourth-order valence-electron chi connectivity index (χ4n) is 1.83. The van der Waals surface area contributed by atoms with Crippen molar-refractivity contribution in [2.45, 2.75) is 25.8 Å². The molecule has 1 atom stereocenters. The lowest BCUT2D eigenvalue weighted by atomic mass is 10.0. The summed E-state index contributed by atoms with van der Waals surface area (Å²) in [5.41, 5.74) is 4.16. The van der Waals surface area contributed by atoms with E-state index in [-0.39, 0.29) is 6.04 Å². The first kappa shape index (κ1) is 11.4. The summed E-state index contributed by atoms with van der Waals surface area (Å²) < 4.78 is 5.31. The molecule has 0 amide bonds. The van der Waals surface area contributed by atoms with Gasteiger partial charge in [-0.1, -0.05) is 0 Å². The molecule has 2 rings (SSSR count). The standard InChI is InChI=1S/C12H16N2OS/c1-9-11(6-8-16-9)12(14-13)5-4-10-3-2-7-15-10/h2-3,6-8,12,14H,4-5,13H2,1H3. The predicted octanol–water partition coefficient (Wildman–Crippen LogP) is 2.79. The summed E-state index contributed by atoms with van der Waals surface area (Å²) in [7, 11) is 0. The average molecular weight is 236 g/mol. The molecule has 16 heavy (non-hydrogen) atoms. The Labute approximate surface area is 99.2 Å². The third-order valence-electron chi connectivity index (χ3n) is 2.74. The minimum absolute atomic E-state index is 0.205. The number of furan rings is 1. The van der Waals surface area contributed by atoms with E-state index in [0.717, 1.165) is 18.6 Å². The van der Waals surface area contributed by atoms with Crippen molar-refractivity contribution in [2.75, 3.05) is 0 Å². The molecule has 0 aromatic carbocycles. The van der Waals surface area contributed by atoms with Crippen LogP contribution in [0.15, 0.2) is 34.3 Å². The molecule has 1 unspecified atom stereocenters. The molecule has 0 saturated carbocycles. The van der Waals surface area contributed by atoms with E-state index in [2.05, 4.69) is 23.8 Å². The zero-order valence-electron chi connectivity index (χ0n) is 9.27. The molecule has 86 valence electrons. The zero-order valence-corrected chi connectivity index (χ0v) is 10.1. The third-order valence-corrected chi connectivity index (χ3v) is 3.60. The molecule has 0 radical (unpaired) electrons. The molecule has 0 aliphatic rings. The van der Waals surface area contributed by atoms with Crippen LogP contribution in [0.25, 0.3) is 0 Å². The van der Waals surface area contributed by atoms with Crippen molar-refractivity contribution >= 4 is 11.3 Å². The van der Waals surface area contributed by atoms with E-state index in [1.165, 1.54) is 10.4 Å². The van der Waals surface area contributed by atoms with Crippen molar-refractivity contribution in [3.63, 3.8) is 0 Å². The number of thiophene rings is 1. The van der Waals surface area contributed by atoms with Gasteiger partial charge >= 0.3 is 0 Å². The average Bonchev–Trinajstić information content (AvgIpc) is 2.92. The quantitative estimate of drug-likeness (QED) is 0.620. The van der Waals surface area contributed by atoms with E-state index < -0.39 is 0 Å². The minimum atomic E-state index is 0.205. The minimum Gasteiger partial charge on any atom is -0.469 e. The summed E-state index contributed by atoms with van der Waals surface area (Å²) in [5.74, 6) is 6.60. The van der Waals surface area contributed by atoms with Gasteiger partial charge in [0.15, 0.2) is 0 Å². The second-order valence-corrected chi connectivity index (χ2v) is 4.89. The molecule has 3 nitrogen and oxygen atoms in total. The second kappa shape index (κ2) is 5.30. The van der Waals surface area contributed by atoms with E-state index in [9.17, 15) is 0 Å². The van der Waals surface area contributed by atoms with Crippen molar-refractivity contribution in [1.82, 2.24) is 5.43 Å². The van der Waals surface area contributed by atoms with Gasteiger partial charge in [-0.15, -0.1) is 11.3 Å². The highest BCUT2D eigenvalue weighted by molar-refractivity contribution is 7.10. The Morgan fingerprint density at radius 3 is 2.94 bits per heavy atom. The van der Waals surface area contributed by atoms with Gasteiger partial charge in [-0.3, -0.25) is 11.3 Å². The van der Waals surface area contributed by atoms with Crippen LogP contribution in [0.2, 0.25) is 0 Å². The monoisotopic (exact) mass is 236 g/mol. The van der Waals surface area contributed by atoms with Crippen LogP contribution in [0.4, 0.5) is 0 Å². The number of hydrogen-bond acceptors (Lipinski definition) is 4. The maximum absolute atomic E-state index is 5.60. The second-order valence-electron chi connectivity index (χ2n) is 3.77. The summed E-state index contributed by atoms with van der Waals surface area (Å²) in [4.78, 5) is 1.32. The van der Waals surface area contributed by atoms with Crippen molar-refractivity contribution in [3.05, 3.63) is 46.0 Å². The SMILES string of the molecule is Cc1sccc1C(CCc1ccco1)NN. The van der Waals surface area contributed by atoms with Gasteiger partial charge in [0.2, 0.25) is 0 Å². The van der Waals surface area contributed by atoms with E-state index in [1.54, 1.807) is 17.6 Å². The molecule has 0 saturated heterocycles. The van der Waals surface area contributed by atoms with Crippen LogP contribution >= 0.6 is 11.3 Å². The molecule has 2 heterocycles. The summed E-state index contributed by atoms with van der Waals surface area (Å²) in [5, 5.41) is 2.10. The number of hydrazine groups is 1. The first-order valence-electron chi connectivity index (χ1n) is 5.33. The van der Waals surface area contributed by atoms with Crippen LogP contribution < -0.4 is 11.3 Å². The van der Waals surface area contributed by atoms with Gasteiger partial charge in [-0.05, 0) is 42.5 Å². The van der Waals surface area contributed by atoms with Crippen molar-refractivity contribution in [2.24, 2.45) is 5.84 Å².